The highest BCUT2D eigenvalue weighted by atomic mass is 15.2. The van der Waals surface area contributed by atoms with Gasteiger partial charge in [0.2, 0.25) is 0 Å². The molecular weight excluding hydrogens is 160 g/mol. The highest BCUT2D eigenvalue weighted by molar-refractivity contribution is 4.94. The summed E-state index contributed by atoms with van der Waals surface area (Å²) in [5, 5.41) is 3.36. The second-order valence-corrected chi connectivity index (χ2v) is 4.82. The zero-order chi connectivity index (χ0) is 9.73. The summed E-state index contributed by atoms with van der Waals surface area (Å²) < 4.78 is 0. The molecule has 0 aromatic rings. The number of nitrogens with zero attached hydrogens (tertiary/aromatic N) is 1. The Balaban J connectivity index is 2.21. The molecule has 0 aromatic heterocycles. The fourth-order valence-corrected chi connectivity index (χ4v) is 1.45. The third kappa shape index (κ3) is 5.06. The second-order valence-electron chi connectivity index (χ2n) is 4.82. The molecular formula is C11H22N2. The maximum Gasteiger partial charge on any atom is 0.0164 e. The van der Waals surface area contributed by atoms with E-state index in [-0.39, 0.29) is 0 Å². The standard InChI is InChI=1S/C11H22N2/c1-11(2,3)5-4-8-13-9-6-12-7-10-13/h4-5,12H,6-10H2,1-3H3/b5-4+. The first-order chi connectivity index (χ1) is 6.08. The number of nitrogens with one attached hydrogen (secondary N) is 1. The van der Waals surface area contributed by atoms with Crippen molar-refractivity contribution < 1.29 is 0 Å². The minimum atomic E-state index is 0.327. The summed E-state index contributed by atoms with van der Waals surface area (Å²) in [6, 6.07) is 0. The second kappa shape index (κ2) is 4.77. The van der Waals surface area contributed by atoms with Gasteiger partial charge in [0.25, 0.3) is 0 Å². The van der Waals surface area contributed by atoms with Crippen LogP contribution in [0.2, 0.25) is 0 Å². The Kier molecular flexibility index (Phi) is 3.94. The normalized spacial score (nSPS) is 21.2. The van der Waals surface area contributed by atoms with E-state index in [9.17, 15) is 0 Å². The Morgan fingerprint density at radius 2 is 1.85 bits per heavy atom. The lowest BCUT2D eigenvalue weighted by Gasteiger charge is -2.26. The highest BCUT2D eigenvalue weighted by Crippen LogP contribution is 2.14. The zero-order valence-electron chi connectivity index (χ0n) is 9.14. The van der Waals surface area contributed by atoms with Gasteiger partial charge in [-0.3, -0.25) is 4.90 Å². The van der Waals surface area contributed by atoms with Crippen LogP contribution in [0.15, 0.2) is 12.2 Å². The molecule has 1 saturated heterocycles. The van der Waals surface area contributed by atoms with Gasteiger partial charge in [-0.05, 0) is 5.41 Å². The molecule has 13 heavy (non-hydrogen) atoms. The van der Waals surface area contributed by atoms with Gasteiger partial charge in [0.05, 0.1) is 0 Å². The number of rotatable bonds is 2. The first kappa shape index (κ1) is 10.7. The first-order valence-electron chi connectivity index (χ1n) is 5.19. The molecule has 2 heteroatoms. The molecule has 1 aliphatic heterocycles. The summed E-state index contributed by atoms with van der Waals surface area (Å²) in [4.78, 5) is 2.48. The van der Waals surface area contributed by atoms with E-state index in [0.717, 1.165) is 19.6 Å². The third-order valence-corrected chi connectivity index (χ3v) is 2.19. The van der Waals surface area contributed by atoms with E-state index in [1.54, 1.807) is 0 Å². The Hall–Kier alpha value is -0.340. The van der Waals surface area contributed by atoms with E-state index in [1.807, 2.05) is 0 Å². The van der Waals surface area contributed by atoms with Gasteiger partial charge in [0, 0.05) is 32.7 Å². The fourth-order valence-electron chi connectivity index (χ4n) is 1.45. The molecule has 0 aromatic carbocycles. The van der Waals surface area contributed by atoms with E-state index >= 15 is 0 Å². The van der Waals surface area contributed by atoms with Crippen molar-refractivity contribution in [1.82, 2.24) is 10.2 Å². The van der Waals surface area contributed by atoms with Gasteiger partial charge in [0.1, 0.15) is 0 Å². The van der Waals surface area contributed by atoms with Crippen LogP contribution >= 0.6 is 0 Å². The molecule has 0 unspecified atom stereocenters. The van der Waals surface area contributed by atoms with Crippen molar-refractivity contribution in [1.29, 1.82) is 0 Å². The predicted molar refractivity (Wildman–Crippen MR) is 57.9 cm³/mol. The molecule has 1 aliphatic rings. The maximum atomic E-state index is 3.36. The highest BCUT2D eigenvalue weighted by Gasteiger charge is 2.08. The Morgan fingerprint density at radius 1 is 1.23 bits per heavy atom. The van der Waals surface area contributed by atoms with Crippen LogP contribution in [0.4, 0.5) is 0 Å². The largest absolute Gasteiger partial charge is 0.314 e. The van der Waals surface area contributed by atoms with Gasteiger partial charge < -0.3 is 5.32 Å². The van der Waals surface area contributed by atoms with E-state index in [0.29, 0.717) is 5.41 Å². The van der Waals surface area contributed by atoms with Crippen molar-refractivity contribution in [3.05, 3.63) is 12.2 Å². The molecule has 0 saturated carbocycles. The molecule has 1 fully saturated rings. The fraction of sp³-hybridized carbons (Fsp3) is 0.818. The predicted octanol–water partition coefficient (Wildman–Crippen LogP) is 1.49. The summed E-state index contributed by atoms with van der Waals surface area (Å²) in [7, 11) is 0. The summed E-state index contributed by atoms with van der Waals surface area (Å²) >= 11 is 0. The van der Waals surface area contributed by atoms with Crippen LogP contribution in [0, 0.1) is 5.41 Å². The molecule has 0 atom stereocenters. The molecule has 0 radical (unpaired) electrons. The third-order valence-electron chi connectivity index (χ3n) is 2.19. The summed E-state index contributed by atoms with van der Waals surface area (Å²) in [6.07, 6.45) is 4.60. The van der Waals surface area contributed by atoms with Crippen LogP contribution in [0.1, 0.15) is 20.8 Å². The Bertz CT molecular complexity index is 161. The van der Waals surface area contributed by atoms with Gasteiger partial charge in [-0.1, -0.05) is 32.9 Å². The molecule has 1 N–H and O–H groups in total. The number of piperazine rings is 1. The topological polar surface area (TPSA) is 15.3 Å². The molecule has 2 nitrogen and oxygen atoms in total. The lowest BCUT2D eigenvalue weighted by molar-refractivity contribution is 0.264. The maximum absolute atomic E-state index is 3.36. The molecule has 76 valence electrons. The average molecular weight is 182 g/mol. The average Bonchev–Trinajstić information content (AvgIpc) is 2.04. The molecule has 1 rings (SSSR count). The van der Waals surface area contributed by atoms with Crippen molar-refractivity contribution in [3.8, 4) is 0 Å². The molecule has 0 aliphatic carbocycles. The van der Waals surface area contributed by atoms with Gasteiger partial charge >= 0.3 is 0 Å². The van der Waals surface area contributed by atoms with Crippen molar-refractivity contribution >= 4 is 0 Å². The van der Waals surface area contributed by atoms with Crippen molar-refractivity contribution in [3.63, 3.8) is 0 Å². The van der Waals surface area contributed by atoms with Gasteiger partial charge in [-0.2, -0.15) is 0 Å². The number of hydrogen-bond donors (Lipinski definition) is 1. The van der Waals surface area contributed by atoms with E-state index < -0.39 is 0 Å². The van der Waals surface area contributed by atoms with E-state index in [4.69, 9.17) is 0 Å². The zero-order valence-corrected chi connectivity index (χ0v) is 9.14. The lowest BCUT2D eigenvalue weighted by atomic mass is 9.96. The summed E-state index contributed by atoms with van der Waals surface area (Å²) in [5.41, 5.74) is 0.327. The SMILES string of the molecule is CC(C)(C)/C=C/CN1CCNCC1. The van der Waals surface area contributed by atoms with Crippen molar-refractivity contribution in [2.75, 3.05) is 32.7 Å². The molecule has 0 amide bonds. The van der Waals surface area contributed by atoms with Gasteiger partial charge in [-0.25, -0.2) is 0 Å². The number of allylic oxidation sites excluding steroid dienone is 1. The quantitative estimate of drug-likeness (QED) is 0.651. The minimum Gasteiger partial charge on any atom is -0.314 e. The molecule has 0 bridgehead atoms. The van der Waals surface area contributed by atoms with Crippen LogP contribution in [-0.2, 0) is 0 Å². The van der Waals surface area contributed by atoms with Crippen LogP contribution in [0.5, 0.6) is 0 Å². The monoisotopic (exact) mass is 182 g/mol. The van der Waals surface area contributed by atoms with Crippen molar-refractivity contribution in [2.24, 2.45) is 5.41 Å². The van der Waals surface area contributed by atoms with E-state index in [1.165, 1.54) is 13.1 Å². The number of hydrogen-bond acceptors (Lipinski definition) is 2. The molecule has 0 spiro atoms. The summed E-state index contributed by atoms with van der Waals surface area (Å²) in [5.74, 6) is 0. The van der Waals surface area contributed by atoms with Crippen LogP contribution in [0.25, 0.3) is 0 Å². The molecule has 1 heterocycles. The Labute approximate surface area is 82.0 Å². The lowest BCUT2D eigenvalue weighted by Crippen LogP contribution is -2.43. The van der Waals surface area contributed by atoms with Crippen molar-refractivity contribution in [2.45, 2.75) is 20.8 Å². The first-order valence-corrected chi connectivity index (χ1v) is 5.19. The van der Waals surface area contributed by atoms with Gasteiger partial charge in [0.15, 0.2) is 0 Å². The van der Waals surface area contributed by atoms with E-state index in [2.05, 4.69) is 43.1 Å². The van der Waals surface area contributed by atoms with Crippen LogP contribution < -0.4 is 5.32 Å². The summed E-state index contributed by atoms with van der Waals surface area (Å²) in [6.45, 7) is 12.5. The van der Waals surface area contributed by atoms with Gasteiger partial charge in [-0.15, -0.1) is 0 Å². The minimum absolute atomic E-state index is 0.327. The smallest absolute Gasteiger partial charge is 0.0164 e. The Morgan fingerprint density at radius 3 is 2.38 bits per heavy atom. The van der Waals surface area contributed by atoms with Crippen LogP contribution in [-0.4, -0.2) is 37.6 Å². The van der Waals surface area contributed by atoms with Crippen LogP contribution in [0.3, 0.4) is 0 Å².